The lowest BCUT2D eigenvalue weighted by Gasteiger charge is -2.29. The molecule has 2 aliphatic rings. The molecule has 11 heavy (non-hydrogen) atoms. The third-order valence-electron chi connectivity index (χ3n) is 2.35. The predicted octanol–water partition coefficient (Wildman–Crippen LogP) is 0.728. The Balaban J connectivity index is 1.46. The Bertz CT molecular complexity index is 109. The molecule has 0 unspecified atom stereocenters. The maximum absolute atomic E-state index is 5.10. The summed E-state index contributed by atoms with van der Waals surface area (Å²) in [4.78, 5) is 0. The van der Waals surface area contributed by atoms with Gasteiger partial charge in [0.05, 0.1) is 18.5 Å². The third-order valence-corrected chi connectivity index (χ3v) is 3.57. The molecule has 0 amide bonds. The van der Waals surface area contributed by atoms with Gasteiger partial charge in [0.1, 0.15) is 0 Å². The molecule has 2 saturated heterocycles. The van der Waals surface area contributed by atoms with Crippen molar-refractivity contribution in [1.29, 1.82) is 0 Å². The lowest BCUT2D eigenvalue weighted by atomic mass is 10.0. The highest BCUT2D eigenvalue weighted by Gasteiger charge is 2.20. The summed E-state index contributed by atoms with van der Waals surface area (Å²) in [5.74, 6) is 2.31. The zero-order valence-corrected chi connectivity index (χ0v) is 7.53. The fraction of sp³-hybridized carbons (Fsp3) is 1.00. The molecule has 2 aliphatic heterocycles. The summed E-state index contributed by atoms with van der Waals surface area (Å²) in [5.41, 5.74) is 0. The van der Waals surface area contributed by atoms with Crippen molar-refractivity contribution in [3.05, 3.63) is 0 Å². The van der Waals surface area contributed by atoms with E-state index in [1.54, 1.807) is 0 Å². The van der Waals surface area contributed by atoms with Gasteiger partial charge in [-0.05, 0) is 31.2 Å². The van der Waals surface area contributed by atoms with Gasteiger partial charge in [-0.1, -0.05) is 0 Å². The number of nitrogens with one attached hydrogen (secondary N) is 1. The Morgan fingerprint density at radius 2 is 2.18 bits per heavy atom. The number of hydrogen-bond donors (Lipinski definition) is 1. The van der Waals surface area contributed by atoms with E-state index in [2.05, 4.69) is 17.1 Å². The Kier molecular flexibility index (Phi) is 2.72. The maximum Gasteiger partial charge on any atom is 0.0607 e. The molecule has 0 bridgehead atoms. The first-order valence-electron chi connectivity index (χ1n) is 4.35. The quantitative estimate of drug-likeness (QED) is 0.677. The summed E-state index contributed by atoms with van der Waals surface area (Å²) in [6, 6.07) is 0. The Morgan fingerprint density at radius 1 is 1.36 bits per heavy atom. The molecule has 64 valence electrons. The molecular weight excluding hydrogens is 158 g/mol. The minimum Gasteiger partial charge on any atom is -0.379 e. The molecule has 0 saturated carbocycles. The largest absolute Gasteiger partial charge is 0.379 e. The summed E-state index contributed by atoms with van der Waals surface area (Å²) in [6.07, 6.45) is 1.40. The molecule has 0 spiro atoms. The van der Waals surface area contributed by atoms with Crippen molar-refractivity contribution in [3.63, 3.8) is 0 Å². The number of ether oxygens (including phenoxy) is 1. The summed E-state index contributed by atoms with van der Waals surface area (Å²) >= 11 is 2.09. The van der Waals surface area contributed by atoms with Gasteiger partial charge in [-0.15, -0.1) is 0 Å². The average Bonchev–Trinajstić information content (AvgIpc) is 1.79. The minimum absolute atomic E-state index is 0.822. The highest BCUT2D eigenvalue weighted by Crippen LogP contribution is 2.22. The molecule has 0 aromatic rings. The van der Waals surface area contributed by atoms with Gasteiger partial charge in [0.25, 0.3) is 0 Å². The maximum atomic E-state index is 5.10. The van der Waals surface area contributed by atoms with E-state index < -0.39 is 0 Å². The van der Waals surface area contributed by atoms with Crippen LogP contribution in [0.25, 0.3) is 0 Å². The molecule has 2 fully saturated rings. The van der Waals surface area contributed by atoms with Crippen LogP contribution in [0.2, 0.25) is 0 Å². The minimum atomic E-state index is 0.822. The fourth-order valence-electron chi connectivity index (χ4n) is 1.26. The Hall–Kier alpha value is 0.270. The summed E-state index contributed by atoms with van der Waals surface area (Å²) in [7, 11) is 0. The van der Waals surface area contributed by atoms with Crippen molar-refractivity contribution in [2.24, 2.45) is 5.92 Å². The molecular formula is C8H15NOS. The molecule has 0 aromatic carbocycles. The molecule has 2 rings (SSSR count). The van der Waals surface area contributed by atoms with Crippen LogP contribution in [-0.4, -0.2) is 37.3 Å². The smallest absolute Gasteiger partial charge is 0.0607 e. The average molecular weight is 173 g/mol. The fourth-order valence-corrected chi connectivity index (χ4v) is 2.45. The number of thioether (sulfide) groups is 1. The van der Waals surface area contributed by atoms with Crippen LogP contribution in [0.4, 0.5) is 0 Å². The second-order valence-corrected chi connectivity index (χ2v) is 4.75. The van der Waals surface area contributed by atoms with Crippen molar-refractivity contribution < 1.29 is 4.74 Å². The molecule has 2 nitrogen and oxygen atoms in total. The second-order valence-electron chi connectivity index (χ2n) is 3.34. The van der Waals surface area contributed by atoms with Crippen molar-refractivity contribution in [2.75, 3.05) is 32.1 Å². The van der Waals surface area contributed by atoms with Crippen LogP contribution in [0.3, 0.4) is 0 Å². The standard InChI is InChI=1S/C8H15NOS/c1(7-3-9-4-7)2-11-8-5-10-6-8/h7-9H,1-6H2. The Morgan fingerprint density at radius 3 is 2.64 bits per heavy atom. The highest BCUT2D eigenvalue weighted by atomic mass is 32.2. The summed E-state index contributed by atoms with van der Waals surface area (Å²) < 4.78 is 5.10. The van der Waals surface area contributed by atoms with E-state index in [1.165, 1.54) is 25.3 Å². The van der Waals surface area contributed by atoms with Gasteiger partial charge >= 0.3 is 0 Å². The van der Waals surface area contributed by atoms with Crippen molar-refractivity contribution in [2.45, 2.75) is 11.7 Å². The zero-order chi connectivity index (χ0) is 7.52. The normalized spacial score (nSPS) is 26.2. The van der Waals surface area contributed by atoms with Crippen LogP contribution in [0.1, 0.15) is 6.42 Å². The van der Waals surface area contributed by atoms with E-state index in [9.17, 15) is 0 Å². The van der Waals surface area contributed by atoms with Crippen LogP contribution in [0, 0.1) is 5.92 Å². The van der Waals surface area contributed by atoms with Gasteiger partial charge in [-0.2, -0.15) is 11.8 Å². The molecule has 0 aliphatic carbocycles. The van der Waals surface area contributed by atoms with Gasteiger partial charge in [0.2, 0.25) is 0 Å². The zero-order valence-electron chi connectivity index (χ0n) is 6.71. The first kappa shape index (κ1) is 7.90. The van der Waals surface area contributed by atoms with E-state index in [4.69, 9.17) is 4.74 Å². The summed E-state index contributed by atoms with van der Waals surface area (Å²) in [6.45, 7) is 4.49. The number of rotatable bonds is 4. The topological polar surface area (TPSA) is 21.3 Å². The lowest BCUT2D eigenvalue weighted by Crippen LogP contribution is -2.42. The summed E-state index contributed by atoms with van der Waals surface area (Å²) in [5, 5.41) is 4.12. The SMILES string of the molecule is C(CC1CNC1)SC1COC1. The molecule has 2 heterocycles. The monoisotopic (exact) mass is 173 g/mol. The molecule has 0 aromatic heterocycles. The van der Waals surface area contributed by atoms with E-state index in [1.807, 2.05) is 0 Å². The van der Waals surface area contributed by atoms with Crippen LogP contribution in [-0.2, 0) is 4.74 Å². The van der Waals surface area contributed by atoms with Crippen LogP contribution in [0.15, 0.2) is 0 Å². The number of hydrogen-bond acceptors (Lipinski definition) is 3. The van der Waals surface area contributed by atoms with E-state index in [0.29, 0.717) is 0 Å². The molecule has 0 radical (unpaired) electrons. The van der Waals surface area contributed by atoms with Crippen LogP contribution < -0.4 is 5.32 Å². The van der Waals surface area contributed by atoms with Gasteiger partial charge in [-0.25, -0.2) is 0 Å². The van der Waals surface area contributed by atoms with Crippen molar-refractivity contribution in [3.8, 4) is 0 Å². The Labute approximate surface area is 72.1 Å². The molecule has 0 atom stereocenters. The van der Waals surface area contributed by atoms with Gasteiger partial charge in [-0.3, -0.25) is 0 Å². The van der Waals surface area contributed by atoms with E-state index >= 15 is 0 Å². The predicted molar refractivity (Wildman–Crippen MR) is 48.0 cm³/mol. The van der Waals surface area contributed by atoms with Crippen molar-refractivity contribution in [1.82, 2.24) is 5.32 Å². The van der Waals surface area contributed by atoms with Gasteiger partial charge < -0.3 is 10.1 Å². The van der Waals surface area contributed by atoms with Crippen molar-refractivity contribution >= 4 is 11.8 Å². The van der Waals surface area contributed by atoms with E-state index in [-0.39, 0.29) is 0 Å². The highest BCUT2D eigenvalue weighted by molar-refractivity contribution is 8.00. The molecule has 1 N–H and O–H groups in total. The van der Waals surface area contributed by atoms with Gasteiger partial charge in [0, 0.05) is 0 Å². The van der Waals surface area contributed by atoms with Crippen LogP contribution in [0.5, 0.6) is 0 Å². The molecule has 3 heteroatoms. The first-order chi connectivity index (χ1) is 5.45. The van der Waals surface area contributed by atoms with Gasteiger partial charge in [0.15, 0.2) is 0 Å². The third kappa shape index (κ3) is 2.10. The first-order valence-corrected chi connectivity index (χ1v) is 5.40. The van der Waals surface area contributed by atoms with Crippen LogP contribution >= 0.6 is 11.8 Å². The second kappa shape index (κ2) is 3.78. The lowest BCUT2D eigenvalue weighted by molar-refractivity contribution is 0.0455. The van der Waals surface area contributed by atoms with E-state index in [0.717, 1.165) is 24.4 Å².